The number of fused-ring (bicyclic) bond motifs is 1. The molecular weight excluding hydrogens is 489 g/mol. The molecule has 1 atom stereocenters. The number of aromatic nitrogens is 5. The Hall–Kier alpha value is -3.56. The quantitative estimate of drug-likeness (QED) is 0.371. The molecule has 0 bridgehead atoms. The first-order valence-electron chi connectivity index (χ1n) is 10.2. The third-order valence-electron chi connectivity index (χ3n) is 5.60. The molecule has 9 heteroatoms. The van der Waals surface area contributed by atoms with E-state index in [1.165, 1.54) is 22.8 Å². The fraction of sp³-hybridized carbons (Fsp3) is 0.125. The van der Waals surface area contributed by atoms with Crippen LogP contribution in [0.25, 0.3) is 33.3 Å². The second kappa shape index (κ2) is 8.42. The summed E-state index contributed by atoms with van der Waals surface area (Å²) < 4.78 is 17.5. The number of rotatable bonds is 5. The molecule has 33 heavy (non-hydrogen) atoms. The molecule has 0 spiro atoms. The fourth-order valence-corrected chi connectivity index (χ4v) is 4.49. The lowest BCUT2D eigenvalue weighted by molar-refractivity contribution is 0.246. The van der Waals surface area contributed by atoms with E-state index >= 15 is 0 Å². The smallest absolute Gasteiger partial charge is 0.251 e. The van der Waals surface area contributed by atoms with E-state index in [-0.39, 0.29) is 12.2 Å². The molecule has 3 heterocycles. The van der Waals surface area contributed by atoms with E-state index in [2.05, 4.69) is 31.2 Å². The Morgan fingerprint density at radius 2 is 1.94 bits per heavy atom. The highest BCUT2D eigenvalue weighted by molar-refractivity contribution is 9.10. The molecule has 3 aromatic heterocycles. The molecule has 0 aliphatic heterocycles. The van der Waals surface area contributed by atoms with E-state index in [9.17, 15) is 14.3 Å². The van der Waals surface area contributed by atoms with Crippen molar-refractivity contribution in [1.29, 1.82) is 0 Å². The number of nitrogens with one attached hydrogen (secondary N) is 1. The molecule has 5 rings (SSSR count). The van der Waals surface area contributed by atoms with Gasteiger partial charge in [-0.15, -0.1) is 0 Å². The Morgan fingerprint density at radius 1 is 1.12 bits per heavy atom. The fourth-order valence-electron chi connectivity index (χ4n) is 4.01. The van der Waals surface area contributed by atoms with Gasteiger partial charge >= 0.3 is 0 Å². The van der Waals surface area contributed by atoms with Crippen LogP contribution in [-0.2, 0) is 7.05 Å². The van der Waals surface area contributed by atoms with Gasteiger partial charge in [0.15, 0.2) is 0 Å². The van der Waals surface area contributed by atoms with Crippen molar-refractivity contribution in [2.24, 2.45) is 7.05 Å². The summed E-state index contributed by atoms with van der Waals surface area (Å²) in [5.74, 6) is -0.444. The first-order chi connectivity index (χ1) is 15.9. The van der Waals surface area contributed by atoms with Crippen molar-refractivity contribution in [1.82, 2.24) is 24.5 Å². The Balaban J connectivity index is 1.54. The molecule has 0 aliphatic carbocycles. The molecule has 0 saturated carbocycles. The average Bonchev–Trinajstić information content (AvgIpc) is 3.40. The molecular formula is C24H19BrFN5O2. The zero-order valence-electron chi connectivity index (χ0n) is 17.5. The highest BCUT2D eigenvalue weighted by Crippen LogP contribution is 2.30. The molecule has 0 amide bonds. The van der Waals surface area contributed by atoms with Gasteiger partial charge in [0.1, 0.15) is 11.5 Å². The normalized spacial score (nSPS) is 12.4. The van der Waals surface area contributed by atoms with Crippen molar-refractivity contribution in [3.63, 3.8) is 0 Å². The van der Waals surface area contributed by atoms with E-state index in [0.29, 0.717) is 10.0 Å². The molecule has 0 unspecified atom stereocenters. The van der Waals surface area contributed by atoms with Crippen LogP contribution in [-0.4, -0.2) is 36.3 Å². The number of aliphatic hydroxyl groups is 1. The number of aryl methyl sites for hydroxylation is 1. The number of pyridine rings is 1. The van der Waals surface area contributed by atoms with Crippen LogP contribution in [0.3, 0.4) is 0 Å². The predicted molar refractivity (Wildman–Crippen MR) is 127 cm³/mol. The molecule has 0 fully saturated rings. The van der Waals surface area contributed by atoms with Crippen LogP contribution in [0.4, 0.5) is 4.39 Å². The number of hydrogen-bond acceptors (Lipinski definition) is 4. The number of aromatic amines is 1. The van der Waals surface area contributed by atoms with Crippen LogP contribution in [0.5, 0.6) is 0 Å². The van der Waals surface area contributed by atoms with Gasteiger partial charge in [0, 0.05) is 40.9 Å². The number of hydrogen-bond donors (Lipinski definition) is 2. The first-order valence-corrected chi connectivity index (χ1v) is 11.0. The SMILES string of the molecule is Cn1cc(-c2n[nH]c3ccc(-c4ccn([C@H](CO)c5cc(F)cc(Br)c5)c(=O)c4)cc23)cn1. The van der Waals surface area contributed by atoms with Crippen LogP contribution in [0, 0.1) is 5.82 Å². The van der Waals surface area contributed by atoms with Gasteiger partial charge in [-0.1, -0.05) is 22.0 Å². The summed E-state index contributed by atoms with van der Waals surface area (Å²) in [5, 5.41) is 22.5. The standard InChI is InChI=1S/C24H19BrFN5O2/c1-30-12-17(11-27-30)24-20-8-14(2-3-21(20)28-29-24)15-4-5-31(23(33)9-15)22(13-32)16-6-18(25)10-19(26)7-16/h2-12,22,32H,13H2,1H3,(H,28,29)/t22-/m1/s1. The number of halogens is 2. The largest absolute Gasteiger partial charge is 0.394 e. The van der Waals surface area contributed by atoms with Crippen LogP contribution in [0.15, 0.2) is 76.4 Å². The van der Waals surface area contributed by atoms with Crippen molar-refractivity contribution in [2.75, 3.05) is 6.61 Å². The summed E-state index contributed by atoms with van der Waals surface area (Å²) >= 11 is 3.26. The molecule has 0 radical (unpaired) electrons. The summed E-state index contributed by atoms with van der Waals surface area (Å²) in [5.41, 5.74) is 4.34. The Labute approximate surface area is 196 Å². The van der Waals surface area contributed by atoms with Gasteiger partial charge in [0.2, 0.25) is 0 Å². The molecule has 0 saturated heterocycles. The Morgan fingerprint density at radius 3 is 2.64 bits per heavy atom. The Bertz CT molecular complexity index is 1520. The second-order valence-electron chi connectivity index (χ2n) is 7.80. The maximum atomic E-state index is 13.9. The summed E-state index contributed by atoms with van der Waals surface area (Å²) in [6, 6.07) is 12.8. The third kappa shape index (κ3) is 4.01. The summed E-state index contributed by atoms with van der Waals surface area (Å²) in [6.45, 7) is -0.343. The molecule has 2 N–H and O–H groups in total. The van der Waals surface area contributed by atoms with Crippen LogP contribution < -0.4 is 5.56 Å². The molecule has 5 aromatic rings. The molecule has 7 nitrogen and oxygen atoms in total. The van der Waals surface area contributed by atoms with Gasteiger partial charge in [0.05, 0.1) is 24.4 Å². The molecule has 2 aromatic carbocycles. The highest BCUT2D eigenvalue weighted by Gasteiger charge is 2.17. The summed E-state index contributed by atoms with van der Waals surface area (Å²) in [6.07, 6.45) is 5.27. The molecule has 0 aliphatic rings. The van der Waals surface area contributed by atoms with E-state index < -0.39 is 11.9 Å². The third-order valence-corrected chi connectivity index (χ3v) is 6.06. The van der Waals surface area contributed by atoms with Crippen molar-refractivity contribution >= 4 is 26.8 Å². The maximum absolute atomic E-state index is 13.9. The minimum atomic E-state index is -0.702. The number of H-pyrrole nitrogens is 1. The Kier molecular flexibility index (Phi) is 5.43. The molecule has 166 valence electrons. The van der Waals surface area contributed by atoms with Crippen molar-refractivity contribution < 1.29 is 9.50 Å². The van der Waals surface area contributed by atoms with Crippen LogP contribution in [0.1, 0.15) is 11.6 Å². The topological polar surface area (TPSA) is 88.7 Å². The second-order valence-corrected chi connectivity index (χ2v) is 8.71. The van der Waals surface area contributed by atoms with E-state index in [1.807, 2.05) is 37.5 Å². The van der Waals surface area contributed by atoms with E-state index in [0.717, 1.165) is 33.3 Å². The summed E-state index contributed by atoms with van der Waals surface area (Å²) in [7, 11) is 1.85. The van der Waals surface area contributed by atoms with Crippen molar-refractivity contribution in [2.45, 2.75) is 6.04 Å². The van der Waals surface area contributed by atoms with Gasteiger partial charge in [-0.2, -0.15) is 10.2 Å². The van der Waals surface area contributed by atoms with Crippen molar-refractivity contribution in [3.8, 4) is 22.4 Å². The lowest BCUT2D eigenvalue weighted by Crippen LogP contribution is -2.27. The number of benzene rings is 2. The van der Waals surface area contributed by atoms with Crippen molar-refractivity contribution in [3.05, 3.63) is 93.3 Å². The predicted octanol–water partition coefficient (Wildman–Crippen LogP) is 4.28. The minimum Gasteiger partial charge on any atom is -0.394 e. The van der Waals surface area contributed by atoms with Gasteiger partial charge in [0.25, 0.3) is 5.56 Å². The van der Waals surface area contributed by atoms with Crippen LogP contribution in [0.2, 0.25) is 0 Å². The first kappa shape index (κ1) is 21.3. The lowest BCUT2D eigenvalue weighted by Gasteiger charge is -2.19. The van der Waals surface area contributed by atoms with Gasteiger partial charge in [-0.3, -0.25) is 14.6 Å². The van der Waals surface area contributed by atoms with Crippen LogP contribution >= 0.6 is 15.9 Å². The maximum Gasteiger partial charge on any atom is 0.251 e. The van der Waals surface area contributed by atoms with E-state index in [4.69, 9.17) is 0 Å². The summed E-state index contributed by atoms with van der Waals surface area (Å²) in [4.78, 5) is 13.0. The highest BCUT2D eigenvalue weighted by atomic mass is 79.9. The van der Waals surface area contributed by atoms with E-state index in [1.54, 1.807) is 23.1 Å². The van der Waals surface area contributed by atoms with Gasteiger partial charge < -0.3 is 9.67 Å². The number of nitrogens with zero attached hydrogens (tertiary/aromatic N) is 4. The van der Waals surface area contributed by atoms with Gasteiger partial charge in [-0.25, -0.2) is 4.39 Å². The van der Waals surface area contributed by atoms with Gasteiger partial charge in [-0.05, 0) is 53.1 Å². The lowest BCUT2D eigenvalue weighted by atomic mass is 10.0. The zero-order valence-corrected chi connectivity index (χ0v) is 19.1. The zero-order chi connectivity index (χ0) is 23.1. The monoisotopic (exact) mass is 507 g/mol. The minimum absolute atomic E-state index is 0.299. The number of aliphatic hydroxyl groups excluding tert-OH is 1. The average molecular weight is 508 g/mol.